The van der Waals surface area contributed by atoms with Crippen molar-refractivity contribution < 1.29 is 4.74 Å². The lowest BCUT2D eigenvalue weighted by molar-refractivity contribution is -0.0682. The summed E-state index contributed by atoms with van der Waals surface area (Å²) in [6.45, 7) is 0.509. The van der Waals surface area contributed by atoms with Crippen LogP contribution in [0.25, 0.3) is 0 Å². The Kier molecular flexibility index (Phi) is 3.73. The molecule has 1 aromatic heterocycles. The van der Waals surface area contributed by atoms with Gasteiger partial charge >= 0.3 is 0 Å². The van der Waals surface area contributed by atoms with Crippen LogP contribution in [-0.4, -0.2) is 21.3 Å². The third-order valence-electron chi connectivity index (χ3n) is 4.53. The highest BCUT2D eigenvalue weighted by Gasteiger charge is 2.40. The van der Waals surface area contributed by atoms with Crippen LogP contribution >= 0.6 is 11.6 Å². The fourth-order valence-corrected chi connectivity index (χ4v) is 3.55. The fraction of sp³-hybridized carbons (Fsp3) is 0.714. The molecule has 1 aliphatic heterocycles. The summed E-state index contributed by atoms with van der Waals surface area (Å²) in [5.41, 5.74) is 5.43. The Morgan fingerprint density at radius 1 is 1.40 bits per heavy atom. The Morgan fingerprint density at radius 2 is 2.15 bits per heavy atom. The van der Waals surface area contributed by atoms with Crippen molar-refractivity contribution in [2.75, 3.05) is 5.73 Å². The molecule has 2 fully saturated rings. The number of nitrogens with two attached hydrogens (primary N) is 1. The monoisotopic (exact) mass is 297 g/mol. The van der Waals surface area contributed by atoms with Gasteiger partial charge in [0, 0.05) is 0 Å². The molecule has 1 aromatic rings. The maximum absolute atomic E-state index is 12.0. The van der Waals surface area contributed by atoms with Crippen molar-refractivity contribution in [3.8, 4) is 0 Å². The van der Waals surface area contributed by atoms with Gasteiger partial charge in [-0.1, -0.05) is 30.9 Å². The molecule has 1 spiro atoms. The lowest BCUT2D eigenvalue weighted by Crippen LogP contribution is -2.34. The second-order valence-electron chi connectivity index (χ2n) is 5.93. The van der Waals surface area contributed by atoms with Gasteiger partial charge in [-0.25, -0.2) is 4.98 Å². The van der Waals surface area contributed by atoms with Crippen LogP contribution in [0, 0.1) is 0 Å². The van der Waals surface area contributed by atoms with Crippen LogP contribution in [0.4, 0.5) is 5.69 Å². The Balaban J connectivity index is 1.71. The molecule has 1 unspecified atom stereocenters. The second kappa shape index (κ2) is 5.37. The van der Waals surface area contributed by atoms with E-state index < -0.39 is 0 Å². The number of rotatable bonds is 2. The normalized spacial score (nSPS) is 25.1. The van der Waals surface area contributed by atoms with Gasteiger partial charge in [0.05, 0.1) is 24.6 Å². The van der Waals surface area contributed by atoms with Crippen LogP contribution in [0.1, 0.15) is 44.9 Å². The summed E-state index contributed by atoms with van der Waals surface area (Å²) >= 11 is 5.74. The molecule has 110 valence electrons. The molecule has 0 aromatic carbocycles. The molecule has 1 saturated carbocycles. The van der Waals surface area contributed by atoms with Crippen LogP contribution in [0.2, 0.25) is 5.15 Å². The fourth-order valence-electron chi connectivity index (χ4n) is 3.42. The maximum atomic E-state index is 12.0. The Morgan fingerprint density at radius 3 is 2.90 bits per heavy atom. The molecule has 0 bridgehead atoms. The smallest absolute Gasteiger partial charge is 0.278 e. The number of aromatic nitrogens is 2. The molecular weight excluding hydrogens is 278 g/mol. The largest absolute Gasteiger partial charge is 0.392 e. The van der Waals surface area contributed by atoms with Gasteiger partial charge < -0.3 is 10.5 Å². The second-order valence-corrected chi connectivity index (χ2v) is 6.29. The van der Waals surface area contributed by atoms with E-state index in [4.69, 9.17) is 22.1 Å². The predicted molar refractivity (Wildman–Crippen MR) is 77.8 cm³/mol. The zero-order valence-corrected chi connectivity index (χ0v) is 12.2. The van der Waals surface area contributed by atoms with Crippen LogP contribution < -0.4 is 11.3 Å². The third-order valence-corrected chi connectivity index (χ3v) is 4.83. The summed E-state index contributed by atoms with van der Waals surface area (Å²) in [5.74, 6) is 0. The minimum atomic E-state index is -0.279. The van der Waals surface area contributed by atoms with Gasteiger partial charge in [0.2, 0.25) is 0 Å². The Bertz CT molecular complexity index is 552. The minimum Gasteiger partial charge on any atom is -0.392 e. The summed E-state index contributed by atoms with van der Waals surface area (Å²) in [5, 5.41) is 0.0716. The molecule has 1 aliphatic carbocycles. The van der Waals surface area contributed by atoms with Crippen molar-refractivity contribution in [3.05, 3.63) is 21.8 Å². The van der Waals surface area contributed by atoms with Gasteiger partial charge in [0.1, 0.15) is 5.69 Å². The van der Waals surface area contributed by atoms with E-state index in [0.29, 0.717) is 6.54 Å². The van der Waals surface area contributed by atoms with E-state index in [1.807, 2.05) is 0 Å². The lowest BCUT2D eigenvalue weighted by Gasteiger charge is -2.33. The van der Waals surface area contributed by atoms with E-state index in [9.17, 15) is 4.79 Å². The molecular formula is C14H20ClN3O2. The molecule has 3 rings (SSSR count). The molecule has 5 nitrogen and oxygen atoms in total. The molecule has 6 heteroatoms. The molecule has 2 heterocycles. The number of ether oxygens (including phenoxy) is 1. The minimum absolute atomic E-state index is 0.0135. The summed E-state index contributed by atoms with van der Waals surface area (Å²) in [6, 6.07) is 0. The lowest BCUT2D eigenvalue weighted by atomic mass is 9.83. The summed E-state index contributed by atoms with van der Waals surface area (Å²) in [4.78, 5) is 15.9. The molecule has 0 amide bonds. The Hall–Kier alpha value is -1.07. The average molecular weight is 298 g/mol. The predicted octanol–water partition coefficient (Wildman–Crippen LogP) is 2.36. The van der Waals surface area contributed by atoms with Gasteiger partial charge in [-0.05, 0) is 25.7 Å². The van der Waals surface area contributed by atoms with Crippen LogP contribution in [0.15, 0.2) is 11.1 Å². The van der Waals surface area contributed by atoms with Gasteiger partial charge in [0.25, 0.3) is 5.56 Å². The summed E-state index contributed by atoms with van der Waals surface area (Å²) in [7, 11) is 0. The summed E-state index contributed by atoms with van der Waals surface area (Å²) in [6.07, 6.45) is 9.75. The number of halogens is 1. The van der Waals surface area contributed by atoms with Gasteiger partial charge in [-0.3, -0.25) is 9.36 Å². The maximum Gasteiger partial charge on any atom is 0.278 e. The topological polar surface area (TPSA) is 70.1 Å². The summed E-state index contributed by atoms with van der Waals surface area (Å²) < 4.78 is 7.77. The highest BCUT2D eigenvalue weighted by molar-refractivity contribution is 6.31. The Labute approximate surface area is 123 Å². The molecule has 0 radical (unpaired) electrons. The molecule has 2 aliphatic rings. The van der Waals surface area contributed by atoms with Crippen molar-refractivity contribution in [2.24, 2.45) is 0 Å². The van der Waals surface area contributed by atoms with E-state index in [-0.39, 0.29) is 28.1 Å². The van der Waals surface area contributed by atoms with Crippen molar-refractivity contribution in [3.63, 3.8) is 0 Å². The van der Waals surface area contributed by atoms with E-state index in [2.05, 4.69) is 4.98 Å². The first-order valence-corrected chi connectivity index (χ1v) is 7.66. The first-order chi connectivity index (χ1) is 9.60. The third kappa shape index (κ3) is 2.56. The SMILES string of the molecule is Nc1c(Cl)ncn(CC2CCC3(CCCCC3)O2)c1=O. The van der Waals surface area contributed by atoms with E-state index >= 15 is 0 Å². The first kappa shape index (κ1) is 13.9. The molecule has 2 N–H and O–H groups in total. The van der Waals surface area contributed by atoms with Crippen molar-refractivity contribution in [2.45, 2.75) is 63.2 Å². The van der Waals surface area contributed by atoms with Crippen LogP contribution in [0.5, 0.6) is 0 Å². The average Bonchev–Trinajstić information content (AvgIpc) is 2.83. The van der Waals surface area contributed by atoms with Crippen molar-refractivity contribution >= 4 is 17.3 Å². The standard InChI is InChI=1S/C14H20ClN3O2/c15-12-11(16)13(19)18(9-17-12)8-10-4-7-14(20-10)5-2-1-3-6-14/h9-10H,1-8,16H2. The first-order valence-electron chi connectivity index (χ1n) is 7.28. The van der Waals surface area contributed by atoms with E-state index in [1.165, 1.54) is 30.2 Å². The number of anilines is 1. The van der Waals surface area contributed by atoms with Gasteiger partial charge in [0.15, 0.2) is 5.15 Å². The van der Waals surface area contributed by atoms with Crippen molar-refractivity contribution in [1.82, 2.24) is 9.55 Å². The van der Waals surface area contributed by atoms with Crippen LogP contribution in [0.3, 0.4) is 0 Å². The van der Waals surface area contributed by atoms with E-state index in [1.54, 1.807) is 0 Å². The molecule has 1 saturated heterocycles. The zero-order valence-electron chi connectivity index (χ0n) is 11.5. The quantitative estimate of drug-likeness (QED) is 0.851. The zero-order chi connectivity index (χ0) is 14.2. The number of hydrogen-bond acceptors (Lipinski definition) is 4. The van der Waals surface area contributed by atoms with E-state index in [0.717, 1.165) is 25.7 Å². The number of hydrogen-bond donors (Lipinski definition) is 1. The highest BCUT2D eigenvalue weighted by Crippen LogP contribution is 2.42. The number of nitrogens with zero attached hydrogens (tertiary/aromatic N) is 2. The van der Waals surface area contributed by atoms with Gasteiger partial charge in [-0.2, -0.15) is 0 Å². The molecule has 1 atom stereocenters. The van der Waals surface area contributed by atoms with Crippen molar-refractivity contribution in [1.29, 1.82) is 0 Å². The van der Waals surface area contributed by atoms with Crippen LogP contribution in [-0.2, 0) is 11.3 Å². The molecule has 20 heavy (non-hydrogen) atoms. The number of nitrogen functional groups attached to an aromatic ring is 1. The highest BCUT2D eigenvalue weighted by atomic mass is 35.5. The van der Waals surface area contributed by atoms with Gasteiger partial charge in [-0.15, -0.1) is 0 Å².